The van der Waals surface area contributed by atoms with Crippen molar-refractivity contribution >= 4 is 17.5 Å². The van der Waals surface area contributed by atoms with Crippen LogP contribution in [0.3, 0.4) is 0 Å². The molecule has 0 bridgehead atoms. The van der Waals surface area contributed by atoms with Crippen molar-refractivity contribution in [3.63, 3.8) is 0 Å². The molecule has 4 nitrogen and oxygen atoms in total. The lowest BCUT2D eigenvalue weighted by molar-refractivity contribution is -0.694. The van der Waals surface area contributed by atoms with Crippen LogP contribution in [0, 0.1) is 5.82 Å². The fourth-order valence-corrected chi connectivity index (χ4v) is 2.81. The Balaban J connectivity index is 1.71. The molecule has 0 fully saturated rings. The van der Waals surface area contributed by atoms with Gasteiger partial charge in [0, 0.05) is 5.56 Å². The molecule has 0 saturated heterocycles. The Morgan fingerprint density at radius 3 is 2.59 bits per heavy atom. The third-order valence-electron chi connectivity index (χ3n) is 3.07. The number of para-hydroxylation sites is 1. The predicted octanol–water partition coefficient (Wildman–Crippen LogP) is 2.80. The lowest BCUT2D eigenvalue weighted by atomic mass is 10.1. The average Bonchev–Trinajstić information content (AvgIpc) is 3.02. The number of ketones is 1. The largest absolute Gasteiger partial charge is 0.385 e. The summed E-state index contributed by atoms with van der Waals surface area (Å²) in [6.07, 6.45) is 1.58. The predicted molar refractivity (Wildman–Crippen MR) is 81.6 cm³/mol. The van der Waals surface area contributed by atoms with Crippen molar-refractivity contribution in [2.24, 2.45) is 0 Å². The molecule has 110 valence electrons. The van der Waals surface area contributed by atoms with Gasteiger partial charge in [-0.3, -0.25) is 4.79 Å². The summed E-state index contributed by atoms with van der Waals surface area (Å²) in [5, 5.41) is 3.71. The maximum Gasteiger partial charge on any atom is 0.385 e. The number of benzene rings is 2. The lowest BCUT2D eigenvalue weighted by Gasteiger charge is -1.99. The first kappa shape index (κ1) is 14.5. The number of thioether (sulfide) groups is 1. The summed E-state index contributed by atoms with van der Waals surface area (Å²) in [6.45, 7) is 0. The molecule has 22 heavy (non-hydrogen) atoms. The molecule has 0 unspecified atom stereocenters. The second-order valence-electron chi connectivity index (χ2n) is 4.56. The summed E-state index contributed by atoms with van der Waals surface area (Å²) in [5.41, 5.74) is 1.44. The van der Waals surface area contributed by atoms with Gasteiger partial charge in [-0.2, -0.15) is 5.10 Å². The number of H-pyrrole nitrogens is 1. The number of aromatic nitrogens is 3. The number of carbonyl (C=O) groups excluding carboxylic acids is 1. The highest BCUT2D eigenvalue weighted by Gasteiger charge is 2.18. The molecule has 0 amide bonds. The van der Waals surface area contributed by atoms with E-state index in [9.17, 15) is 9.18 Å². The van der Waals surface area contributed by atoms with Crippen LogP contribution in [0.15, 0.2) is 66.1 Å². The van der Waals surface area contributed by atoms with Gasteiger partial charge in [-0.25, -0.2) is 4.39 Å². The highest BCUT2D eigenvalue weighted by atomic mass is 32.2. The smallest absolute Gasteiger partial charge is 0.293 e. The number of carbonyl (C=O) groups is 1. The van der Waals surface area contributed by atoms with Crippen LogP contribution in [0.5, 0.6) is 0 Å². The molecule has 3 rings (SSSR count). The summed E-state index contributed by atoms with van der Waals surface area (Å²) in [4.78, 5) is 16.3. The van der Waals surface area contributed by atoms with Crippen LogP contribution in [0.4, 0.5) is 4.39 Å². The number of nitrogens with zero attached hydrogens (tertiary/aromatic N) is 2. The Labute approximate surface area is 131 Å². The minimum absolute atomic E-state index is 0.0624. The van der Waals surface area contributed by atoms with Gasteiger partial charge < -0.3 is 0 Å². The Morgan fingerprint density at radius 2 is 1.86 bits per heavy atom. The number of nitrogens with one attached hydrogen (secondary N) is 1. The Kier molecular flexibility index (Phi) is 4.29. The third kappa shape index (κ3) is 3.23. The normalized spacial score (nSPS) is 10.6. The zero-order chi connectivity index (χ0) is 15.4. The molecule has 0 spiro atoms. The first-order chi connectivity index (χ1) is 10.7. The topological polar surface area (TPSA) is 49.6 Å². The first-order valence-electron chi connectivity index (χ1n) is 6.66. The highest BCUT2D eigenvalue weighted by Crippen LogP contribution is 2.15. The molecular formula is C16H13FN3OS+. The molecule has 1 N–H and O–H groups in total. The van der Waals surface area contributed by atoms with E-state index >= 15 is 0 Å². The molecule has 0 atom stereocenters. The average molecular weight is 314 g/mol. The van der Waals surface area contributed by atoms with E-state index in [0.717, 1.165) is 5.69 Å². The molecule has 0 aliphatic rings. The molecule has 2 aromatic carbocycles. The van der Waals surface area contributed by atoms with Gasteiger partial charge in [0.2, 0.25) is 6.33 Å². The van der Waals surface area contributed by atoms with Crippen LogP contribution in [0.1, 0.15) is 10.4 Å². The summed E-state index contributed by atoms with van der Waals surface area (Å²) < 4.78 is 14.7. The van der Waals surface area contributed by atoms with Crippen LogP contribution in [0.25, 0.3) is 5.69 Å². The molecule has 0 aliphatic carbocycles. The van der Waals surface area contributed by atoms with E-state index in [4.69, 9.17) is 0 Å². The molecule has 1 heterocycles. The van der Waals surface area contributed by atoms with E-state index in [-0.39, 0.29) is 17.4 Å². The number of Topliss-reactive ketones (excluding diaryl/α,β-unsaturated/α-hetero) is 1. The van der Waals surface area contributed by atoms with Gasteiger partial charge in [-0.05, 0) is 53.1 Å². The number of aromatic amines is 1. The SMILES string of the molecule is O=C(CSc1nc[nH][n+]1-c1ccccc1)c1ccc(F)cc1. The van der Waals surface area contributed by atoms with Gasteiger partial charge >= 0.3 is 5.16 Å². The van der Waals surface area contributed by atoms with Crippen molar-refractivity contribution in [3.05, 3.63) is 72.3 Å². The maximum atomic E-state index is 12.9. The molecule has 0 saturated carbocycles. The quantitative estimate of drug-likeness (QED) is 0.447. The van der Waals surface area contributed by atoms with Gasteiger partial charge in [0.05, 0.1) is 5.75 Å². The van der Waals surface area contributed by atoms with Crippen LogP contribution in [-0.4, -0.2) is 21.6 Å². The number of rotatable bonds is 5. The van der Waals surface area contributed by atoms with Crippen LogP contribution in [0.2, 0.25) is 0 Å². The van der Waals surface area contributed by atoms with Crippen LogP contribution in [-0.2, 0) is 0 Å². The fraction of sp³-hybridized carbons (Fsp3) is 0.0625. The zero-order valence-corrected chi connectivity index (χ0v) is 12.4. The second kappa shape index (κ2) is 6.53. The first-order valence-corrected chi connectivity index (χ1v) is 7.65. The van der Waals surface area contributed by atoms with Crippen LogP contribution < -0.4 is 4.68 Å². The van der Waals surface area contributed by atoms with E-state index in [1.54, 1.807) is 6.33 Å². The van der Waals surface area contributed by atoms with Gasteiger partial charge in [0.25, 0.3) is 0 Å². The number of hydrogen-bond donors (Lipinski definition) is 1. The van der Waals surface area contributed by atoms with Gasteiger partial charge in [0.1, 0.15) is 5.82 Å². The van der Waals surface area contributed by atoms with Crippen molar-refractivity contribution in [1.29, 1.82) is 0 Å². The summed E-state index contributed by atoms with van der Waals surface area (Å²) >= 11 is 1.33. The Morgan fingerprint density at radius 1 is 1.14 bits per heavy atom. The minimum Gasteiger partial charge on any atom is -0.293 e. The van der Waals surface area contributed by atoms with Gasteiger partial charge in [-0.15, -0.1) is 4.68 Å². The third-order valence-corrected chi connectivity index (χ3v) is 4.02. The van der Waals surface area contributed by atoms with Crippen molar-refractivity contribution in [1.82, 2.24) is 10.1 Å². The van der Waals surface area contributed by atoms with Crippen molar-refractivity contribution in [2.45, 2.75) is 5.16 Å². The maximum absolute atomic E-state index is 12.9. The second-order valence-corrected chi connectivity index (χ2v) is 5.50. The Hall–Kier alpha value is -2.47. The van der Waals surface area contributed by atoms with E-state index in [0.29, 0.717) is 10.7 Å². The zero-order valence-electron chi connectivity index (χ0n) is 11.6. The number of halogens is 1. The van der Waals surface area contributed by atoms with Crippen molar-refractivity contribution < 1.29 is 13.9 Å². The number of hydrogen-bond acceptors (Lipinski definition) is 3. The Bertz CT molecular complexity index is 772. The summed E-state index contributed by atoms with van der Waals surface area (Å²) in [7, 11) is 0. The van der Waals surface area contributed by atoms with Crippen molar-refractivity contribution in [2.75, 3.05) is 5.75 Å². The van der Waals surface area contributed by atoms with Gasteiger partial charge in [0.15, 0.2) is 11.5 Å². The van der Waals surface area contributed by atoms with E-state index in [1.807, 2.05) is 35.0 Å². The molecule has 6 heteroatoms. The van der Waals surface area contributed by atoms with Gasteiger partial charge in [-0.1, -0.05) is 18.2 Å². The van der Waals surface area contributed by atoms with E-state index in [2.05, 4.69) is 10.1 Å². The molecular weight excluding hydrogens is 301 g/mol. The van der Waals surface area contributed by atoms with E-state index in [1.165, 1.54) is 36.0 Å². The molecule has 3 aromatic rings. The molecule has 1 aromatic heterocycles. The lowest BCUT2D eigenvalue weighted by Crippen LogP contribution is -2.34. The fourth-order valence-electron chi connectivity index (χ4n) is 1.97. The standard InChI is InChI=1S/C16H12FN3OS/c17-13-8-6-12(7-9-13)15(21)10-22-16-18-11-19-20(16)14-4-2-1-3-5-14/h1-9,11H,10H2/p+1. The monoisotopic (exact) mass is 314 g/mol. The van der Waals surface area contributed by atoms with Crippen LogP contribution >= 0.6 is 11.8 Å². The van der Waals surface area contributed by atoms with E-state index < -0.39 is 0 Å². The summed E-state index contributed by atoms with van der Waals surface area (Å²) in [5.74, 6) is -0.172. The summed E-state index contributed by atoms with van der Waals surface area (Å²) in [6, 6.07) is 15.3. The molecule has 0 aliphatic heterocycles. The minimum atomic E-state index is -0.349. The highest BCUT2D eigenvalue weighted by molar-refractivity contribution is 7.99. The molecule has 0 radical (unpaired) electrons. The van der Waals surface area contributed by atoms with Crippen molar-refractivity contribution in [3.8, 4) is 5.69 Å².